The number of amides is 1. The Morgan fingerprint density at radius 1 is 1.32 bits per heavy atom. The van der Waals surface area contributed by atoms with Gasteiger partial charge in [-0.1, -0.05) is 39.7 Å². The quantitative estimate of drug-likeness (QED) is 0.823. The molecule has 1 aliphatic rings. The molecule has 1 saturated carbocycles. The first-order valence-corrected chi connectivity index (χ1v) is 8.08. The lowest BCUT2D eigenvalue weighted by atomic mass is 9.89. The molecule has 0 aliphatic heterocycles. The lowest BCUT2D eigenvalue weighted by molar-refractivity contribution is -0.120. The third-order valence-corrected chi connectivity index (χ3v) is 4.77. The molecule has 1 aliphatic carbocycles. The van der Waals surface area contributed by atoms with E-state index in [0.29, 0.717) is 22.2 Å². The summed E-state index contributed by atoms with van der Waals surface area (Å²) in [6.07, 6.45) is 5.25. The van der Waals surface area contributed by atoms with E-state index in [1.165, 1.54) is 25.7 Å². The summed E-state index contributed by atoms with van der Waals surface area (Å²) in [7, 11) is 0. The van der Waals surface area contributed by atoms with Crippen molar-refractivity contribution in [1.82, 2.24) is 5.32 Å². The van der Waals surface area contributed by atoms with Gasteiger partial charge in [0.1, 0.15) is 0 Å². The minimum absolute atomic E-state index is 0.0863. The predicted octanol–water partition coefficient (Wildman–Crippen LogP) is 3.95. The second-order valence-corrected chi connectivity index (χ2v) is 6.96. The number of nitrogens with one attached hydrogen (secondary N) is 1. The van der Waals surface area contributed by atoms with Gasteiger partial charge >= 0.3 is 0 Å². The Labute approximate surface area is 128 Å². The van der Waals surface area contributed by atoms with Crippen molar-refractivity contribution in [3.8, 4) is 0 Å². The van der Waals surface area contributed by atoms with E-state index in [9.17, 15) is 4.79 Å². The summed E-state index contributed by atoms with van der Waals surface area (Å²) in [5, 5.41) is 3.72. The number of hydrogen-bond donors (Lipinski definition) is 1. The summed E-state index contributed by atoms with van der Waals surface area (Å²) in [5.74, 6) is 0.723. The van der Waals surface area contributed by atoms with Gasteiger partial charge in [0.2, 0.25) is 5.91 Å². The van der Waals surface area contributed by atoms with Crippen molar-refractivity contribution < 1.29 is 4.79 Å². The highest BCUT2D eigenvalue weighted by atomic mass is 79.9. The molecule has 2 nitrogen and oxygen atoms in total. The van der Waals surface area contributed by atoms with Crippen LogP contribution in [0.5, 0.6) is 0 Å². The predicted molar refractivity (Wildman–Crippen MR) is 82.8 cm³/mol. The smallest absolute Gasteiger partial charge is 0.224 e. The SMILES string of the molecule is O=C(Cc1cccc(Cl)c1)NCC1CCC(Br)CC1. The van der Waals surface area contributed by atoms with Crippen LogP contribution >= 0.6 is 27.5 Å². The Hall–Kier alpha value is -0.540. The first-order chi connectivity index (χ1) is 9.13. The van der Waals surface area contributed by atoms with Crippen molar-refractivity contribution in [2.24, 2.45) is 5.92 Å². The van der Waals surface area contributed by atoms with E-state index >= 15 is 0 Å². The van der Waals surface area contributed by atoms with E-state index in [-0.39, 0.29) is 5.91 Å². The van der Waals surface area contributed by atoms with Crippen LogP contribution in [0.15, 0.2) is 24.3 Å². The van der Waals surface area contributed by atoms with Crippen molar-refractivity contribution in [2.75, 3.05) is 6.54 Å². The monoisotopic (exact) mass is 343 g/mol. The normalized spacial score (nSPS) is 23.1. The largest absolute Gasteiger partial charge is 0.356 e. The van der Waals surface area contributed by atoms with Crippen molar-refractivity contribution in [2.45, 2.75) is 36.9 Å². The molecule has 1 amide bonds. The molecule has 19 heavy (non-hydrogen) atoms. The van der Waals surface area contributed by atoms with Crippen LogP contribution in [0, 0.1) is 5.92 Å². The molecule has 0 aromatic heterocycles. The molecule has 0 atom stereocenters. The summed E-state index contributed by atoms with van der Waals surface area (Å²) >= 11 is 9.55. The maximum absolute atomic E-state index is 11.9. The maximum atomic E-state index is 11.9. The lowest BCUT2D eigenvalue weighted by Gasteiger charge is -2.25. The molecule has 0 radical (unpaired) electrons. The highest BCUT2D eigenvalue weighted by Gasteiger charge is 2.19. The minimum atomic E-state index is 0.0863. The molecule has 1 aromatic rings. The van der Waals surface area contributed by atoms with Gasteiger partial charge in [-0.05, 0) is 49.3 Å². The zero-order valence-electron chi connectivity index (χ0n) is 10.9. The van der Waals surface area contributed by atoms with Crippen molar-refractivity contribution >= 4 is 33.4 Å². The standard InChI is InChI=1S/C15H19BrClNO/c16-13-6-4-11(5-7-13)10-18-15(19)9-12-2-1-3-14(17)8-12/h1-3,8,11,13H,4-7,9-10H2,(H,18,19). The highest BCUT2D eigenvalue weighted by molar-refractivity contribution is 9.09. The van der Waals surface area contributed by atoms with Crippen LogP contribution in [0.2, 0.25) is 5.02 Å². The second kappa shape index (κ2) is 7.30. The highest BCUT2D eigenvalue weighted by Crippen LogP contribution is 2.28. The molecule has 0 spiro atoms. The number of hydrogen-bond acceptors (Lipinski definition) is 1. The first kappa shape index (κ1) is 14.9. The first-order valence-electron chi connectivity index (χ1n) is 6.78. The Balaban J connectivity index is 1.73. The Morgan fingerprint density at radius 3 is 2.74 bits per heavy atom. The number of rotatable bonds is 4. The third kappa shape index (κ3) is 5.15. The van der Waals surface area contributed by atoms with Gasteiger partial charge < -0.3 is 5.32 Å². The van der Waals surface area contributed by atoms with E-state index < -0.39 is 0 Å². The van der Waals surface area contributed by atoms with Crippen LogP contribution in [0.25, 0.3) is 0 Å². The lowest BCUT2D eigenvalue weighted by Crippen LogP contribution is -2.32. The van der Waals surface area contributed by atoms with Gasteiger partial charge in [-0.3, -0.25) is 4.79 Å². The van der Waals surface area contributed by atoms with Gasteiger partial charge in [-0.2, -0.15) is 0 Å². The van der Waals surface area contributed by atoms with Gasteiger partial charge in [-0.15, -0.1) is 0 Å². The average molecular weight is 345 g/mol. The second-order valence-electron chi connectivity index (χ2n) is 5.23. The number of benzene rings is 1. The van der Waals surface area contributed by atoms with E-state index in [1.54, 1.807) is 0 Å². The minimum Gasteiger partial charge on any atom is -0.356 e. The van der Waals surface area contributed by atoms with Gasteiger partial charge in [0, 0.05) is 16.4 Å². The molecule has 0 unspecified atom stereocenters. The molecule has 1 N–H and O–H groups in total. The number of alkyl halides is 1. The summed E-state index contributed by atoms with van der Waals surface area (Å²) in [6, 6.07) is 7.47. The molecule has 0 bridgehead atoms. The maximum Gasteiger partial charge on any atom is 0.224 e. The van der Waals surface area contributed by atoms with Crippen molar-refractivity contribution in [1.29, 1.82) is 0 Å². The molecule has 0 saturated heterocycles. The number of halogens is 2. The van der Waals surface area contributed by atoms with E-state index in [1.807, 2.05) is 24.3 Å². The van der Waals surface area contributed by atoms with Crippen LogP contribution in [0.4, 0.5) is 0 Å². The van der Waals surface area contributed by atoms with Crippen molar-refractivity contribution in [3.63, 3.8) is 0 Å². The molecule has 104 valence electrons. The third-order valence-electron chi connectivity index (χ3n) is 3.62. The summed E-state index contributed by atoms with van der Waals surface area (Å²) in [4.78, 5) is 12.5. The summed E-state index contributed by atoms with van der Waals surface area (Å²) in [6.45, 7) is 0.805. The fourth-order valence-electron chi connectivity index (χ4n) is 2.48. The van der Waals surface area contributed by atoms with Crippen LogP contribution in [-0.4, -0.2) is 17.3 Å². The molecule has 4 heteroatoms. The van der Waals surface area contributed by atoms with Crippen LogP contribution < -0.4 is 5.32 Å². The molecular formula is C15H19BrClNO. The zero-order valence-corrected chi connectivity index (χ0v) is 13.2. The molecule has 1 aromatic carbocycles. The summed E-state index contributed by atoms with van der Waals surface area (Å²) < 4.78 is 0. The molecule has 2 rings (SSSR count). The van der Waals surface area contributed by atoms with Gasteiger partial charge in [0.05, 0.1) is 6.42 Å². The fraction of sp³-hybridized carbons (Fsp3) is 0.533. The van der Waals surface area contributed by atoms with Crippen LogP contribution in [0.3, 0.4) is 0 Å². The van der Waals surface area contributed by atoms with Gasteiger partial charge in [-0.25, -0.2) is 0 Å². The van der Waals surface area contributed by atoms with E-state index in [0.717, 1.165) is 12.1 Å². The van der Waals surface area contributed by atoms with Crippen molar-refractivity contribution in [3.05, 3.63) is 34.9 Å². The van der Waals surface area contributed by atoms with Crippen LogP contribution in [-0.2, 0) is 11.2 Å². The number of carbonyl (C=O) groups excluding carboxylic acids is 1. The fourth-order valence-corrected chi connectivity index (χ4v) is 3.22. The summed E-state index contributed by atoms with van der Waals surface area (Å²) in [5.41, 5.74) is 0.967. The van der Waals surface area contributed by atoms with Crippen LogP contribution in [0.1, 0.15) is 31.2 Å². The number of carbonyl (C=O) groups is 1. The van der Waals surface area contributed by atoms with Gasteiger partial charge in [0.15, 0.2) is 0 Å². The molecular weight excluding hydrogens is 326 g/mol. The average Bonchev–Trinajstić information content (AvgIpc) is 2.38. The van der Waals surface area contributed by atoms with E-state index in [4.69, 9.17) is 11.6 Å². The van der Waals surface area contributed by atoms with E-state index in [2.05, 4.69) is 21.2 Å². The zero-order chi connectivity index (χ0) is 13.7. The topological polar surface area (TPSA) is 29.1 Å². The van der Waals surface area contributed by atoms with Gasteiger partial charge in [0.25, 0.3) is 0 Å². The Morgan fingerprint density at radius 2 is 2.05 bits per heavy atom. The Kier molecular flexibility index (Phi) is 5.71. The Bertz CT molecular complexity index is 430. The molecule has 0 heterocycles. The molecule has 1 fully saturated rings.